The van der Waals surface area contributed by atoms with Gasteiger partial charge in [0.25, 0.3) is 11.6 Å². The van der Waals surface area contributed by atoms with Gasteiger partial charge in [-0.05, 0) is 58.2 Å². The van der Waals surface area contributed by atoms with E-state index in [9.17, 15) is 26.8 Å². The highest BCUT2D eigenvalue weighted by Gasteiger charge is 2.48. The molecule has 3 heterocycles. The molecule has 46 heavy (non-hydrogen) atoms. The van der Waals surface area contributed by atoms with Crippen molar-refractivity contribution in [3.05, 3.63) is 76.6 Å². The van der Waals surface area contributed by atoms with Crippen LogP contribution in [0.2, 0.25) is 0 Å². The van der Waals surface area contributed by atoms with Crippen LogP contribution in [-0.2, 0) is 26.9 Å². The Morgan fingerprint density at radius 2 is 1.72 bits per heavy atom. The van der Waals surface area contributed by atoms with Crippen LogP contribution in [0.25, 0.3) is 0 Å². The number of aromatic nitrogens is 2. The molecule has 16 heteroatoms. The maximum Gasteiger partial charge on any atom is 0.319 e. The minimum absolute atomic E-state index is 0.0596. The van der Waals surface area contributed by atoms with Gasteiger partial charge < -0.3 is 26.2 Å². The van der Waals surface area contributed by atoms with Crippen molar-refractivity contribution in [2.45, 2.75) is 37.8 Å². The molecule has 2 amide bonds. The smallest absolute Gasteiger partial charge is 0.319 e. The van der Waals surface area contributed by atoms with Crippen molar-refractivity contribution in [1.29, 1.82) is 0 Å². The van der Waals surface area contributed by atoms with E-state index in [1.54, 1.807) is 39.0 Å². The minimum atomic E-state index is -4.37. The van der Waals surface area contributed by atoms with Gasteiger partial charge in [0.05, 0.1) is 27.4 Å². The SMILES string of the molecule is CC(N)=CC(=[NH2+])C(=O)Nc1cc(N2CCN(C)CC2)ccc1C(=O)Nc1n[nH]c2c1CN(S(=O)(=O)c1cc(F)cc(F)c1)C2(C)C. The van der Waals surface area contributed by atoms with E-state index in [-0.39, 0.29) is 29.3 Å². The van der Waals surface area contributed by atoms with E-state index >= 15 is 0 Å². The number of fused-ring (bicyclic) bond motifs is 1. The highest BCUT2D eigenvalue weighted by atomic mass is 32.2. The molecule has 0 aliphatic carbocycles. The monoisotopic (exact) mass is 656 g/mol. The lowest BCUT2D eigenvalue weighted by atomic mass is 10.0. The minimum Gasteiger partial charge on any atom is -0.402 e. The second-order valence-corrected chi connectivity index (χ2v) is 13.7. The summed E-state index contributed by atoms with van der Waals surface area (Å²) in [6.07, 6.45) is 1.31. The molecule has 0 atom stereocenters. The van der Waals surface area contributed by atoms with Crippen molar-refractivity contribution in [2.24, 2.45) is 5.73 Å². The summed E-state index contributed by atoms with van der Waals surface area (Å²) in [5, 5.41) is 18.4. The van der Waals surface area contributed by atoms with Crippen molar-refractivity contribution in [2.75, 3.05) is 48.8 Å². The number of allylic oxidation sites excluding steroid dienone is 1. The molecule has 2 aromatic carbocycles. The first kappa shape index (κ1) is 32.7. The number of halogens is 2. The molecule has 0 spiro atoms. The molecule has 3 aromatic rings. The molecule has 5 rings (SSSR count). The van der Waals surface area contributed by atoms with E-state index in [2.05, 4.69) is 30.6 Å². The quantitative estimate of drug-likeness (QED) is 0.224. The van der Waals surface area contributed by atoms with E-state index in [1.807, 2.05) is 7.05 Å². The number of hydrogen-bond acceptors (Lipinski definition) is 8. The van der Waals surface area contributed by atoms with E-state index in [4.69, 9.17) is 11.1 Å². The van der Waals surface area contributed by atoms with Crippen LogP contribution >= 0.6 is 0 Å². The summed E-state index contributed by atoms with van der Waals surface area (Å²) in [7, 11) is -2.34. The van der Waals surface area contributed by atoms with Crippen LogP contribution < -0.4 is 26.7 Å². The zero-order valence-corrected chi connectivity index (χ0v) is 26.6. The normalized spacial score (nSPS) is 17.1. The summed E-state index contributed by atoms with van der Waals surface area (Å²) in [5.74, 6) is -3.29. The van der Waals surface area contributed by atoms with Crippen molar-refractivity contribution < 1.29 is 32.2 Å². The first-order valence-corrected chi connectivity index (χ1v) is 15.8. The number of carbonyl (C=O) groups excluding carboxylic acids is 2. The van der Waals surface area contributed by atoms with Gasteiger partial charge in [0, 0.05) is 61.8 Å². The van der Waals surface area contributed by atoms with Crippen LogP contribution in [0.3, 0.4) is 0 Å². The summed E-state index contributed by atoms with van der Waals surface area (Å²) in [6.45, 7) is 7.74. The van der Waals surface area contributed by atoms with Gasteiger partial charge >= 0.3 is 5.91 Å². The number of benzene rings is 2. The number of likely N-dealkylation sites (N-methyl/N-ethyl adjacent to an activating group) is 1. The summed E-state index contributed by atoms with van der Waals surface area (Å²) in [4.78, 5) is 30.4. The number of nitrogens with one attached hydrogen (secondary N) is 3. The average Bonchev–Trinajstić information content (AvgIpc) is 3.50. The predicted molar refractivity (Wildman–Crippen MR) is 168 cm³/mol. The number of H-pyrrole nitrogens is 1. The van der Waals surface area contributed by atoms with Gasteiger partial charge in [-0.2, -0.15) is 9.40 Å². The van der Waals surface area contributed by atoms with Crippen LogP contribution in [0.4, 0.5) is 26.0 Å². The molecular formula is C30H36F2N9O4S+. The molecule has 7 N–H and O–H groups in total. The first-order valence-electron chi connectivity index (χ1n) is 14.4. The lowest BCUT2D eigenvalue weighted by Crippen LogP contribution is -2.46. The number of nitrogens with zero attached hydrogens (tertiary/aromatic N) is 4. The van der Waals surface area contributed by atoms with E-state index in [0.717, 1.165) is 48.3 Å². The molecule has 0 unspecified atom stereocenters. The largest absolute Gasteiger partial charge is 0.402 e. The third kappa shape index (κ3) is 6.36. The Labute approximate surface area is 265 Å². The Hall–Kier alpha value is -4.67. The summed E-state index contributed by atoms with van der Waals surface area (Å²) in [5.41, 5.74) is 6.50. The zero-order valence-electron chi connectivity index (χ0n) is 25.8. The second-order valence-electron chi connectivity index (χ2n) is 11.9. The van der Waals surface area contributed by atoms with Gasteiger partial charge in [0.1, 0.15) is 11.6 Å². The molecule has 2 aliphatic heterocycles. The number of nitrogens with two attached hydrogens (primary N) is 2. The van der Waals surface area contributed by atoms with Crippen molar-refractivity contribution in [3.63, 3.8) is 0 Å². The Morgan fingerprint density at radius 3 is 2.35 bits per heavy atom. The van der Waals surface area contributed by atoms with E-state index in [0.29, 0.717) is 23.0 Å². The summed E-state index contributed by atoms with van der Waals surface area (Å²) >= 11 is 0. The third-order valence-corrected chi connectivity index (χ3v) is 10.1. The highest BCUT2D eigenvalue weighted by Crippen LogP contribution is 2.44. The van der Waals surface area contributed by atoms with Gasteiger partial charge in [0.2, 0.25) is 10.0 Å². The molecule has 0 bridgehead atoms. The molecular weight excluding hydrogens is 620 g/mol. The Kier molecular flexibility index (Phi) is 8.72. The van der Waals surface area contributed by atoms with Gasteiger partial charge in [-0.25, -0.2) is 22.6 Å². The molecule has 0 radical (unpaired) electrons. The molecule has 1 fully saturated rings. The van der Waals surface area contributed by atoms with E-state index in [1.165, 1.54) is 6.08 Å². The molecule has 2 aliphatic rings. The van der Waals surface area contributed by atoms with Crippen LogP contribution in [0, 0.1) is 11.6 Å². The first-order chi connectivity index (χ1) is 21.6. The topological polar surface area (TPSA) is 182 Å². The molecule has 0 saturated carbocycles. The van der Waals surface area contributed by atoms with Crippen molar-refractivity contribution in [3.8, 4) is 0 Å². The number of aromatic amines is 1. The maximum atomic E-state index is 13.9. The maximum absolute atomic E-state index is 13.9. The van der Waals surface area contributed by atoms with Crippen LogP contribution in [-0.4, -0.2) is 78.6 Å². The average molecular weight is 657 g/mol. The Morgan fingerprint density at radius 1 is 1.07 bits per heavy atom. The number of piperazine rings is 1. The highest BCUT2D eigenvalue weighted by molar-refractivity contribution is 7.89. The third-order valence-electron chi connectivity index (χ3n) is 8.07. The second kappa shape index (κ2) is 12.3. The summed E-state index contributed by atoms with van der Waals surface area (Å²) in [6, 6.07) is 7.12. The van der Waals surface area contributed by atoms with Crippen LogP contribution in [0.15, 0.2) is 53.1 Å². The number of amides is 2. The van der Waals surface area contributed by atoms with E-state index < -0.39 is 43.9 Å². The summed E-state index contributed by atoms with van der Waals surface area (Å²) < 4.78 is 56.0. The fourth-order valence-corrected chi connectivity index (χ4v) is 7.33. The molecule has 13 nitrogen and oxygen atoms in total. The number of sulfonamides is 1. The number of carbonyl (C=O) groups is 2. The Balaban J connectivity index is 1.44. The van der Waals surface area contributed by atoms with Crippen LogP contribution in [0.1, 0.15) is 42.4 Å². The van der Waals surface area contributed by atoms with Crippen molar-refractivity contribution in [1.82, 2.24) is 19.4 Å². The van der Waals surface area contributed by atoms with Crippen LogP contribution in [0.5, 0.6) is 0 Å². The van der Waals surface area contributed by atoms with Crippen molar-refractivity contribution >= 4 is 44.7 Å². The fourth-order valence-electron chi connectivity index (χ4n) is 5.56. The Bertz CT molecular complexity index is 1840. The number of anilines is 3. The number of hydrogen-bond donors (Lipinski definition) is 5. The lowest BCUT2D eigenvalue weighted by molar-refractivity contribution is -0.132. The molecule has 244 valence electrons. The predicted octanol–water partition coefficient (Wildman–Crippen LogP) is 1.13. The number of rotatable bonds is 8. The molecule has 1 aromatic heterocycles. The molecule has 1 saturated heterocycles. The standard InChI is InChI=1S/C30H35F2N9O4S/c1-17(33)11-24(34)29(43)35-25-15-20(40-9-7-39(4)8-10-40)5-6-22(25)28(42)36-27-23-16-41(30(2,3)26(23)37-38-27)46(44,45)21-13-18(31)12-19(32)14-21/h5-6,11-15,34H,7-10,16,33H2,1-4H3,(H,35,43)(H2,36,37,38,42)/p+1. The zero-order chi connectivity index (χ0) is 33.6. The van der Waals surface area contributed by atoms with Gasteiger partial charge in [0.15, 0.2) is 5.82 Å². The van der Waals surface area contributed by atoms with Gasteiger partial charge in [-0.3, -0.25) is 14.7 Å². The fraction of sp³-hybridized carbons (Fsp3) is 0.333. The van der Waals surface area contributed by atoms with Gasteiger partial charge in [-0.1, -0.05) is 0 Å². The van der Waals surface area contributed by atoms with Gasteiger partial charge in [-0.15, -0.1) is 0 Å². The lowest BCUT2D eigenvalue weighted by Gasteiger charge is -2.34.